The SMILES string of the molecule is CC(=O)N1CCO[C@@H](c2nccc(CNC(=O)c3ncoc3C)n2)C1. The number of carbonyl (C=O) groups excluding carboxylic acids is 2. The molecule has 1 saturated heterocycles. The zero-order valence-electron chi connectivity index (χ0n) is 14.1. The summed E-state index contributed by atoms with van der Waals surface area (Å²) >= 11 is 0. The van der Waals surface area contributed by atoms with Crippen LogP contribution in [-0.4, -0.2) is 51.4 Å². The van der Waals surface area contributed by atoms with Gasteiger partial charge in [-0.25, -0.2) is 15.0 Å². The molecule has 0 spiro atoms. The Hall–Kier alpha value is -2.81. The highest BCUT2D eigenvalue weighted by Gasteiger charge is 2.25. The van der Waals surface area contributed by atoms with Crippen molar-refractivity contribution in [3.63, 3.8) is 0 Å². The van der Waals surface area contributed by atoms with Crippen LogP contribution in [0.3, 0.4) is 0 Å². The lowest BCUT2D eigenvalue weighted by molar-refractivity contribution is -0.136. The number of nitrogens with zero attached hydrogens (tertiary/aromatic N) is 4. The van der Waals surface area contributed by atoms with Crippen molar-refractivity contribution in [1.82, 2.24) is 25.2 Å². The first-order valence-corrected chi connectivity index (χ1v) is 7.92. The molecule has 1 fully saturated rings. The second kappa shape index (κ2) is 7.39. The van der Waals surface area contributed by atoms with Crippen LogP contribution in [0.5, 0.6) is 0 Å². The van der Waals surface area contributed by atoms with Gasteiger partial charge in [0.1, 0.15) is 11.9 Å². The van der Waals surface area contributed by atoms with Crippen molar-refractivity contribution >= 4 is 11.8 Å². The number of ether oxygens (including phenoxy) is 1. The van der Waals surface area contributed by atoms with Gasteiger partial charge in [-0.3, -0.25) is 9.59 Å². The van der Waals surface area contributed by atoms with Crippen LogP contribution in [0.15, 0.2) is 23.1 Å². The number of aryl methyl sites for hydroxylation is 1. The van der Waals surface area contributed by atoms with Gasteiger partial charge in [-0.2, -0.15) is 0 Å². The molecule has 9 heteroatoms. The molecular formula is C16H19N5O4. The summed E-state index contributed by atoms with van der Waals surface area (Å²) < 4.78 is 10.7. The Bertz CT molecular complexity index is 775. The smallest absolute Gasteiger partial charge is 0.273 e. The number of nitrogens with one attached hydrogen (secondary N) is 1. The van der Waals surface area contributed by atoms with E-state index in [1.807, 2.05) is 0 Å². The third-order valence-electron chi connectivity index (χ3n) is 3.92. The molecular weight excluding hydrogens is 326 g/mol. The highest BCUT2D eigenvalue weighted by Crippen LogP contribution is 2.19. The number of hydrogen-bond acceptors (Lipinski definition) is 7. The molecule has 1 aliphatic rings. The summed E-state index contributed by atoms with van der Waals surface area (Å²) in [6, 6.07) is 1.71. The summed E-state index contributed by atoms with van der Waals surface area (Å²) in [4.78, 5) is 37.8. The third kappa shape index (κ3) is 4.00. The number of hydrogen-bond donors (Lipinski definition) is 1. The van der Waals surface area contributed by atoms with Gasteiger partial charge in [-0.05, 0) is 13.0 Å². The molecule has 1 aliphatic heterocycles. The number of oxazole rings is 1. The Morgan fingerprint density at radius 2 is 2.24 bits per heavy atom. The molecule has 132 valence electrons. The van der Waals surface area contributed by atoms with Crippen molar-refractivity contribution in [2.24, 2.45) is 0 Å². The first-order valence-electron chi connectivity index (χ1n) is 7.92. The van der Waals surface area contributed by atoms with E-state index >= 15 is 0 Å². The zero-order chi connectivity index (χ0) is 17.8. The van der Waals surface area contributed by atoms with Crippen molar-refractivity contribution in [1.29, 1.82) is 0 Å². The molecule has 0 aliphatic carbocycles. The Balaban J connectivity index is 1.64. The van der Waals surface area contributed by atoms with E-state index in [0.29, 0.717) is 37.0 Å². The van der Waals surface area contributed by atoms with E-state index in [1.165, 1.54) is 13.3 Å². The standard InChI is InChI=1S/C16H19N5O4/c1-10-14(19-9-25-10)16(23)18-7-12-3-4-17-15(20-12)13-8-21(11(2)22)5-6-24-13/h3-4,9,13H,5-8H2,1-2H3,(H,18,23)/t13-/m1/s1. The number of carbonyl (C=O) groups is 2. The average Bonchev–Trinajstić information content (AvgIpc) is 3.06. The largest absolute Gasteiger partial charge is 0.448 e. The second-order valence-corrected chi connectivity index (χ2v) is 5.67. The highest BCUT2D eigenvalue weighted by molar-refractivity contribution is 5.92. The first-order chi connectivity index (χ1) is 12.0. The molecule has 2 amide bonds. The summed E-state index contributed by atoms with van der Waals surface area (Å²) in [5.74, 6) is 0.624. The molecule has 1 N–H and O–H groups in total. The van der Waals surface area contributed by atoms with E-state index in [-0.39, 0.29) is 30.2 Å². The van der Waals surface area contributed by atoms with Gasteiger partial charge in [0.05, 0.1) is 25.4 Å². The molecule has 0 radical (unpaired) electrons. The van der Waals surface area contributed by atoms with E-state index in [1.54, 1.807) is 24.1 Å². The van der Waals surface area contributed by atoms with Crippen LogP contribution in [-0.2, 0) is 16.1 Å². The molecule has 1 atom stereocenters. The Labute approximate surface area is 144 Å². The topological polar surface area (TPSA) is 110 Å². The number of rotatable bonds is 4. The van der Waals surface area contributed by atoms with Crippen molar-refractivity contribution in [2.75, 3.05) is 19.7 Å². The summed E-state index contributed by atoms with van der Waals surface area (Å²) in [6.45, 7) is 4.86. The van der Waals surface area contributed by atoms with Gasteiger partial charge in [-0.1, -0.05) is 0 Å². The lowest BCUT2D eigenvalue weighted by atomic mass is 10.2. The van der Waals surface area contributed by atoms with E-state index in [0.717, 1.165) is 0 Å². The molecule has 3 heterocycles. The van der Waals surface area contributed by atoms with Crippen molar-refractivity contribution in [3.05, 3.63) is 41.6 Å². The van der Waals surface area contributed by atoms with Crippen molar-refractivity contribution in [3.8, 4) is 0 Å². The average molecular weight is 345 g/mol. The van der Waals surface area contributed by atoms with Crippen LogP contribution < -0.4 is 5.32 Å². The summed E-state index contributed by atoms with van der Waals surface area (Å²) in [6.07, 6.45) is 2.47. The summed E-state index contributed by atoms with van der Waals surface area (Å²) in [7, 11) is 0. The molecule has 2 aromatic heterocycles. The normalized spacial score (nSPS) is 17.4. The fourth-order valence-electron chi connectivity index (χ4n) is 2.54. The zero-order valence-corrected chi connectivity index (χ0v) is 14.1. The van der Waals surface area contributed by atoms with Gasteiger partial charge in [0.25, 0.3) is 5.91 Å². The monoisotopic (exact) mass is 345 g/mol. The predicted octanol–water partition coefficient (Wildman–Crippen LogP) is 0.623. The molecule has 0 bridgehead atoms. The molecule has 25 heavy (non-hydrogen) atoms. The van der Waals surface area contributed by atoms with Gasteiger partial charge >= 0.3 is 0 Å². The van der Waals surface area contributed by atoms with Gasteiger partial charge in [0.15, 0.2) is 17.9 Å². The third-order valence-corrected chi connectivity index (χ3v) is 3.92. The number of morpholine rings is 1. The van der Waals surface area contributed by atoms with E-state index in [2.05, 4.69) is 20.3 Å². The van der Waals surface area contributed by atoms with Crippen LogP contribution >= 0.6 is 0 Å². The maximum Gasteiger partial charge on any atom is 0.273 e. The minimum Gasteiger partial charge on any atom is -0.448 e. The Morgan fingerprint density at radius 3 is 2.96 bits per heavy atom. The van der Waals surface area contributed by atoms with Crippen molar-refractivity contribution < 1.29 is 18.7 Å². The summed E-state index contributed by atoms with van der Waals surface area (Å²) in [5, 5.41) is 2.74. The van der Waals surface area contributed by atoms with Gasteiger partial charge < -0.3 is 19.4 Å². The van der Waals surface area contributed by atoms with Crippen LogP contribution in [0.2, 0.25) is 0 Å². The van der Waals surface area contributed by atoms with Crippen LogP contribution in [0.1, 0.15) is 40.8 Å². The maximum atomic E-state index is 12.1. The second-order valence-electron chi connectivity index (χ2n) is 5.67. The van der Waals surface area contributed by atoms with Crippen LogP contribution in [0.25, 0.3) is 0 Å². The Morgan fingerprint density at radius 1 is 1.40 bits per heavy atom. The highest BCUT2D eigenvalue weighted by atomic mass is 16.5. The molecule has 0 saturated carbocycles. The molecule has 9 nitrogen and oxygen atoms in total. The fraction of sp³-hybridized carbons (Fsp3) is 0.438. The van der Waals surface area contributed by atoms with E-state index in [9.17, 15) is 9.59 Å². The molecule has 0 unspecified atom stereocenters. The first kappa shape index (κ1) is 17.0. The lowest BCUT2D eigenvalue weighted by Crippen LogP contribution is -2.41. The summed E-state index contributed by atoms with van der Waals surface area (Å²) in [5.41, 5.74) is 0.894. The van der Waals surface area contributed by atoms with Gasteiger partial charge in [-0.15, -0.1) is 0 Å². The number of aromatic nitrogens is 3. The van der Waals surface area contributed by atoms with E-state index in [4.69, 9.17) is 9.15 Å². The molecule has 0 aromatic carbocycles. The number of amides is 2. The lowest BCUT2D eigenvalue weighted by Gasteiger charge is -2.31. The molecule has 2 aromatic rings. The predicted molar refractivity (Wildman–Crippen MR) is 85.4 cm³/mol. The van der Waals surface area contributed by atoms with E-state index < -0.39 is 0 Å². The quantitative estimate of drug-likeness (QED) is 0.865. The van der Waals surface area contributed by atoms with Crippen LogP contribution in [0.4, 0.5) is 0 Å². The van der Waals surface area contributed by atoms with Crippen LogP contribution in [0, 0.1) is 6.92 Å². The minimum absolute atomic E-state index is 0.000278. The Kier molecular flexibility index (Phi) is 5.03. The minimum atomic E-state index is -0.369. The van der Waals surface area contributed by atoms with Gasteiger partial charge in [0.2, 0.25) is 5.91 Å². The van der Waals surface area contributed by atoms with Gasteiger partial charge in [0, 0.05) is 19.7 Å². The van der Waals surface area contributed by atoms with Crippen molar-refractivity contribution in [2.45, 2.75) is 26.5 Å². The maximum absolute atomic E-state index is 12.1. The fourth-order valence-corrected chi connectivity index (χ4v) is 2.54. The molecule has 3 rings (SSSR count).